The number of carboxylic acids is 1. The van der Waals surface area contributed by atoms with Gasteiger partial charge in [-0.15, -0.1) is 0 Å². The predicted octanol–water partition coefficient (Wildman–Crippen LogP) is 4.03. The van der Waals surface area contributed by atoms with Crippen LogP contribution in [0.5, 0.6) is 0 Å². The molecule has 3 nitrogen and oxygen atoms in total. The summed E-state index contributed by atoms with van der Waals surface area (Å²) in [7, 11) is 0. The second-order valence-electron chi connectivity index (χ2n) is 5.60. The minimum atomic E-state index is -4.47. The number of benzene rings is 1. The molecule has 0 aliphatic carbocycles. The van der Waals surface area contributed by atoms with Gasteiger partial charge in [0.15, 0.2) is 0 Å². The Labute approximate surface area is 121 Å². The van der Waals surface area contributed by atoms with E-state index >= 15 is 0 Å². The molecule has 0 spiro atoms. The fourth-order valence-electron chi connectivity index (χ4n) is 2.78. The minimum absolute atomic E-state index is 0.0798. The van der Waals surface area contributed by atoms with Gasteiger partial charge >= 0.3 is 12.1 Å². The van der Waals surface area contributed by atoms with Crippen molar-refractivity contribution in [2.45, 2.75) is 32.9 Å². The van der Waals surface area contributed by atoms with Gasteiger partial charge in [-0.25, -0.2) is 4.79 Å². The molecule has 0 unspecified atom stereocenters. The molecular formula is C15H18F3NO2. The molecule has 0 bridgehead atoms. The van der Waals surface area contributed by atoms with Gasteiger partial charge in [0, 0.05) is 18.5 Å². The van der Waals surface area contributed by atoms with Gasteiger partial charge in [-0.2, -0.15) is 13.2 Å². The molecule has 1 aromatic carbocycles. The van der Waals surface area contributed by atoms with Gasteiger partial charge in [-0.05, 0) is 31.0 Å². The van der Waals surface area contributed by atoms with E-state index in [1.807, 2.05) is 13.8 Å². The predicted molar refractivity (Wildman–Crippen MR) is 73.6 cm³/mol. The van der Waals surface area contributed by atoms with Crippen molar-refractivity contribution in [1.29, 1.82) is 0 Å². The van der Waals surface area contributed by atoms with Gasteiger partial charge in [-0.3, -0.25) is 0 Å². The van der Waals surface area contributed by atoms with Crippen molar-refractivity contribution in [2.75, 3.05) is 18.0 Å². The molecule has 21 heavy (non-hydrogen) atoms. The van der Waals surface area contributed by atoms with E-state index < -0.39 is 17.7 Å². The van der Waals surface area contributed by atoms with Crippen LogP contribution in [0.25, 0.3) is 0 Å². The summed E-state index contributed by atoms with van der Waals surface area (Å²) in [4.78, 5) is 12.9. The molecule has 1 saturated heterocycles. The number of halogens is 3. The van der Waals surface area contributed by atoms with E-state index in [0.29, 0.717) is 13.1 Å². The van der Waals surface area contributed by atoms with Crippen LogP contribution in [0.15, 0.2) is 18.2 Å². The standard InChI is InChI=1S/C15H18F3NO2/c1-3-14(4-2)8-19(9-14)12-7-10(15(16,17)18)5-6-11(12)13(20)21/h5-7H,3-4,8-9H2,1-2H3,(H,20,21). The molecule has 1 aromatic rings. The van der Waals surface area contributed by atoms with Crippen LogP contribution < -0.4 is 4.90 Å². The van der Waals surface area contributed by atoms with Gasteiger partial charge in [-0.1, -0.05) is 13.8 Å². The van der Waals surface area contributed by atoms with Gasteiger partial charge in [0.1, 0.15) is 0 Å². The van der Waals surface area contributed by atoms with Gasteiger partial charge in [0.25, 0.3) is 0 Å². The molecule has 0 saturated carbocycles. The summed E-state index contributed by atoms with van der Waals surface area (Å²) in [6.45, 7) is 5.29. The van der Waals surface area contributed by atoms with Crippen molar-refractivity contribution in [3.05, 3.63) is 29.3 Å². The highest BCUT2D eigenvalue weighted by Gasteiger charge is 2.42. The molecule has 0 aromatic heterocycles. The number of alkyl halides is 3. The highest BCUT2D eigenvalue weighted by molar-refractivity contribution is 5.95. The molecule has 6 heteroatoms. The van der Waals surface area contributed by atoms with E-state index in [9.17, 15) is 18.0 Å². The second-order valence-corrected chi connectivity index (χ2v) is 5.60. The first-order valence-electron chi connectivity index (χ1n) is 6.92. The molecule has 0 amide bonds. The van der Waals surface area contributed by atoms with E-state index in [2.05, 4.69) is 0 Å². The molecular weight excluding hydrogens is 283 g/mol. The first kappa shape index (κ1) is 15.7. The molecule has 2 rings (SSSR count). The lowest BCUT2D eigenvalue weighted by atomic mass is 9.74. The van der Waals surface area contributed by atoms with E-state index in [1.165, 1.54) is 0 Å². The summed E-state index contributed by atoms with van der Waals surface area (Å²) in [5, 5.41) is 9.16. The third-order valence-corrected chi connectivity index (χ3v) is 4.45. The lowest BCUT2D eigenvalue weighted by Crippen LogP contribution is -2.56. The third kappa shape index (κ3) is 2.84. The fraction of sp³-hybridized carbons (Fsp3) is 0.533. The molecule has 1 fully saturated rings. The maximum atomic E-state index is 12.8. The Morgan fingerprint density at radius 3 is 2.29 bits per heavy atom. The maximum absolute atomic E-state index is 12.8. The summed E-state index contributed by atoms with van der Waals surface area (Å²) in [6.07, 6.45) is -2.61. The lowest BCUT2D eigenvalue weighted by molar-refractivity contribution is -0.137. The van der Waals surface area contributed by atoms with E-state index in [4.69, 9.17) is 5.11 Å². The molecule has 1 heterocycles. The number of carbonyl (C=O) groups is 1. The fourth-order valence-corrected chi connectivity index (χ4v) is 2.78. The molecule has 1 aliphatic heterocycles. The van der Waals surface area contributed by atoms with Crippen LogP contribution in [0.3, 0.4) is 0 Å². The van der Waals surface area contributed by atoms with E-state index in [-0.39, 0.29) is 16.7 Å². The van der Waals surface area contributed by atoms with E-state index in [0.717, 1.165) is 31.0 Å². The van der Waals surface area contributed by atoms with Crippen LogP contribution in [-0.2, 0) is 6.18 Å². The number of rotatable bonds is 4. The molecule has 116 valence electrons. The molecule has 0 radical (unpaired) electrons. The maximum Gasteiger partial charge on any atom is 0.416 e. The van der Waals surface area contributed by atoms with Crippen LogP contribution in [0, 0.1) is 5.41 Å². The van der Waals surface area contributed by atoms with Crippen LogP contribution in [0.4, 0.5) is 18.9 Å². The van der Waals surface area contributed by atoms with Crippen molar-refractivity contribution in [1.82, 2.24) is 0 Å². The zero-order valence-corrected chi connectivity index (χ0v) is 12.0. The number of hydrogen-bond acceptors (Lipinski definition) is 2. The van der Waals surface area contributed by atoms with Crippen LogP contribution in [0.2, 0.25) is 0 Å². The topological polar surface area (TPSA) is 40.5 Å². The summed E-state index contributed by atoms with van der Waals surface area (Å²) in [5.74, 6) is -1.20. The third-order valence-electron chi connectivity index (χ3n) is 4.45. The Kier molecular flexibility index (Phi) is 3.91. The van der Waals surface area contributed by atoms with Crippen LogP contribution in [0.1, 0.15) is 42.6 Å². The largest absolute Gasteiger partial charge is 0.478 e. The smallest absolute Gasteiger partial charge is 0.416 e. The van der Waals surface area contributed by atoms with Crippen molar-refractivity contribution in [2.24, 2.45) is 5.41 Å². The normalized spacial score (nSPS) is 17.5. The number of anilines is 1. The minimum Gasteiger partial charge on any atom is -0.478 e. The van der Waals surface area contributed by atoms with Gasteiger partial charge in [0.2, 0.25) is 0 Å². The van der Waals surface area contributed by atoms with Gasteiger partial charge < -0.3 is 10.0 Å². The number of nitrogens with zero attached hydrogens (tertiary/aromatic N) is 1. The Morgan fingerprint density at radius 2 is 1.86 bits per heavy atom. The molecule has 0 atom stereocenters. The Hall–Kier alpha value is -1.72. The molecule has 1 aliphatic rings. The Bertz CT molecular complexity index is 542. The summed E-state index contributed by atoms with van der Waals surface area (Å²) < 4.78 is 38.4. The summed E-state index contributed by atoms with van der Waals surface area (Å²) >= 11 is 0. The van der Waals surface area contributed by atoms with E-state index in [1.54, 1.807) is 4.90 Å². The average molecular weight is 301 g/mol. The Balaban J connectivity index is 2.36. The van der Waals surface area contributed by atoms with Gasteiger partial charge in [0.05, 0.1) is 16.8 Å². The van der Waals surface area contributed by atoms with Crippen molar-refractivity contribution in [3.63, 3.8) is 0 Å². The average Bonchev–Trinajstić information content (AvgIpc) is 2.37. The molecule has 1 N–H and O–H groups in total. The monoisotopic (exact) mass is 301 g/mol. The number of aromatic carboxylic acids is 1. The van der Waals surface area contributed by atoms with Crippen molar-refractivity contribution >= 4 is 11.7 Å². The highest BCUT2D eigenvalue weighted by Crippen LogP contribution is 2.42. The first-order valence-corrected chi connectivity index (χ1v) is 6.92. The lowest BCUT2D eigenvalue weighted by Gasteiger charge is -2.51. The van der Waals surface area contributed by atoms with Crippen molar-refractivity contribution in [3.8, 4) is 0 Å². The Morgan fingerprint density at radius 1 is 1.29 bits per heavy atom. The summed E-state index contributed by atoms with van der Waals surface area (Å²) in [6, 6.07) is 2.80. The quantitative estimate of drug-likeness (QED) is 0.912. The first-order chi connectivity index (χ1) is 9.72. The van der Waals surface area contributed by atoms with Crippen LogP contribution in [-0.4, -0.2) is 24.2 Å². The van der Waals surface area contributed by atoms with Crippen molar-refractivity contribution < 1.29 is 23.1 Å². The SMILES string of the molecule is CCC1(CC)CN(c2cc(C(F)(F)F)ccc2C(=O)O)C1. The number of carboxylic acid groups (broad SMARTS) is 1. The van der Waals surface area contributed by atoms with Crippen LogP contribution >= 0.6 is 0 Å². The highest BCUT2D eigenvalue weighted by atomic mass is 19.4. The number of hydrogen-bond donors (Lipinski definition) is 1. The summed E-state index contributed by atoms with van der Waals surface area (Å²) in [5.41, 5.74) is -0.643. The zero-order chi connectivity index (χ0) is 15.8. The second kappa shape index (κ2) is 5.24. The zero-order valence-electron chi connectivity index (χ0n) is 12.0.